The van der Waals surface area contributed by atoms with E-state index in [0.29, 0.717) is 41.4 Å². The van der Waals surface area contributed by atoms with E-state index in [1.807, 2.05) is 6.07 Å². The van der Waals surface area contributed by atoms with Crippen LogP contribution < -0.4 is 14.8 Å². The lowest BCUT2D eigenvalue weighted by atomic mass is 10.1. The molecule has 1 aromatic carbocycles. The normalized spacial score (nSPS) is 13.1. The first-order valence-corrected chi connectivity index (χ1v) is 9.94. The number of rotatable bonds is 6. The quantitative estimate of drug-likeness (QED) is 0.659. The third-order valence-electron chi connectivity index (χ3n) is 4.63. The van der Waals surface area contributed by atoms with Crippen molar-refractivity contribution >= 4 is 22.2 Å². The first kappa shape index (κ1) is 19.4. The second-order valence-corrected chi connectivity index (χ2v) is 7.68. The van der Waals surface area contributed by atoms with Crippen LogP contribution in [0.5, 0.6) is 11.5 Å². The van der Waals surface area contributed by atoms with Gasteiger partial charge in [-0.05, 0) is 36.6 Å². The number of anilines is 1. The van der Waals surface area contributed by atoms with Gasteiger partial charge in [0, 0.05) is 4.88 Å². The van der Waals surface area contributed by atoms with Gasteiger partial charge >= 0.3 is 0 Å². The van der Waals surface area contributed by atoms with Gasteiger partial charge in [0.2, 0.25) is 5.91 Å². The number of thiophene rings is 1. The van der Waals surface area contributed by atoms with Gasteiger partial charge in [0.05, 0.1) is 39.4 Å². The minimum atomic E-state index is -0.144. The van der Waals surface area contributed by atoms with Crippen LogP contribution in [0, 0.1) is 6.92 Å². The van der Waals surface area contributed by atoms with Gasteiger partial charge in [-0.15, -0.1) is 11.3 Å². The second-order valence-electron chi connectivity index (χ2n) is 6.57. The van der Waals surface area contributed by atoms with E-state index in [1.165, 1.54) is 11.3 Å². The molecule has 3 aromatic rings. The molecule has 4 rings (SSSR count). The van der Waals surface area contributed by atoms with Crippen molar-refractivity contribution in [3.05, 3.63) is 40.0 Å². The molecule has 3 heterocycles. The summed E-state index contributed by atoms with van der Waals surface area (Å²) in [6, 6.07) is 5.43. The summed E-state index contributed by atoms with van der Waals surface area (Å²) in [7, 11) is 3.14. The Morgan fingerprint density at radius 1 is 1.28 bits per heavy atom. The molecular formula is C20H21N3O5S. The zero-order valence-electron chi connectivity index (χ0n) is 16.4. The number of methoxy groups -OCH3 is 2. The van der Waals surface area contributed by atoms with Crippen LogP contribution in [0.4, 0.5) is 5.00 Å². The molecule has 2 aromatic heterocycles. The molecule has 8 nitrogen and oxygen atoms in total. The van der Waals surface area contributed by atoms with E-state index in [-0.39, 0.29) is 12.3 Å². The SMILES string of the molecule is COc1ccc(CC(=O)Nc2sc3c(c2-c2nc(C)no2)CCOC3)cc1OC. The standard InChI is InChI=1S/C20H21N3O5S/c1-11-21-19(28-23-11)18-13-6-7-27-10-16(13)29-20(18)22-17(24)9-12-4-5-14(25-2)15(8-12)26-3/h4-5,8H,6-7,9-10H2,1-3H3,(H,22,24). The van der Waals surface area contributed by atoms with Gasteiger partial charge in [0.15, 0.2) is 17.3 Å². The van der Waals surface area contributed by atoms with E-state index in [1.54, 1.807) is 33.3 Å². The van der Waals surface area contributed by atoms with Crippen molar-refractivity contribution in [2.75, 3.05) is 26.1 Å². The van der Waals surface area contributed by atoms with E-state index >= 15 is 0 Å². The first-order chi connectivity index (χ1) is 14.1. The lowest BCUT2D eigenvalue weighted by molar-refractivity contribution is -0.115. The highest BCUT2D eigenvalue weighted by molar-refractivity contribution is 7.17. The number of hydrogen-bond donors (Lipinski definition) is 1. The summed E-state index contributed by atoms with van der Waals surface area (Å²) in [6.45, 7) is 2.92. The van der Waals surface area contributed by atoms with E-state index in [9.17, 15) is 4.79 Å². The van der Waals surface area contributed by atoms with Gasteiger partial charge in [-0.3, -0.25) is 4.79 Å². The molecule has 0 saturated heterocycles. The minimum absolute atomic E-state index is 0.144. The number of benzene rings is 1. The minimum Gasteiger partial charge on any atom is -0.493 e. The molecule has 1 N–H and O–H groups in total. The number of nitrogens with one attached hydrogen (secondary N) is 1. The van der Waals surface area contributed by atoms with Crippen LogP contribution in [-0.2, 0) is 29.0 Å². The molecule has 9 heteroatoms. The number of carbonyl (C=O) groups excluding carboxylic acids is 1. The van der Waals surface area contributed by atoms with Crippen LogP contribution in [0.1, 0.15) is 21.8 Å². The fourth-order valence-corrected chi connectivity index (χ4v) is 4.49. The zero-order valence-corrected chi connectivity index (χ0v) is 17.2. The maximum Gasteiger partial charge on any atom is 0.261 e. The third kappa shape index (κ3) is 3.96. The number of nitrogens with zero attached hydrogens (tertiary/aromatic N) is 2. The van der Waals surface area contributed by atoms with Gasteiger partial charge < -0.3 is 24.1 Å². The molecule has 0 saturated carbocycles. The lowest BCUT2D eigenvalue weighted by Gasteiger charge is -2.12. The van der Waals surface area contributed by atoms with Crippen LogP contribution in [0.15, 0.2) is 22.7 Å². The monoisotopic (exact) mass is 415 g/mol. The lowest BCUT2D eigenvalue weighted by Crippen LogP contribution is -2.14. The molecule has 1 aliphatic rings. The van der Waals surface area contributed by atoms with E-state index in [4.69, 9.17) is 18.7 Å². The Morgan fingerprint density at radius 3 is 2.83 bits per heavy atom. The topological polar surface area (TPSA) is 95.7 Å². The Hall–Kier alpha value is -2.91. The average Bonchev–Trinajstić information content (AvgIpc) is 3.30. The number of aryl methyl sites for hydroxylation is 1. The number of ether oxygens (including phenoxy) is 3. The first-order valence-electron chi connectivity index (χ1n) is 9.12. The van der Waals surface area contributed by atoms with Crippen LogP contribution in [0.25, 0.3) is 11.5 Å². The van der Waals surface area contributed by atoms with Gasteiger partial charge in [-0.25, -0.2) is 0 Å². The van der Waals surface area contributed by atoms with Crippen LogP contribution in [0.3, 0.4) is 0 Å². The summed E-state index contributed by atoms with van der Waals surface area (Å²) in [5.41, 5.74) is 2.72. The Labute approximate surface area is 171 Å². The molecular weight excluding hydrogens is 394 g/mol. The van der Waals surface area contributed by atoms with Gasteiger partial charge in [-0.1, -0.05) is 11.2 Å². The van der Waals surface area contributed by atoms with Crippen LogP contribution in [0.2, 0.25) is 0 Å². The molecule has 0 unspecified atom stereocenters. The Balaban J connectivity index is 1.59. The van der Waals surface area contributed by atoms with Crippen molar-refractivity contribution in [1.29, 1.82) is 0 Å². The predicted octanol–water partition coefficient (Wildman–Crippen LogP) is 3.38. The largest absolute Gasteiger partial charge is 0.493 e. The van der Waals surface area contributed by atoms with Crippen LogP contribution >= 0.6 is 11.3 Å². The number of aromatic nitrogens is 2. The van der Waals surface area contributed by atoms with Crippen molar-refractivity contribution in [1.82, 2.24) is 10.1 Å². The second kappa shape index (κ2) is 8.22. The maximum atomic E-state index is 12.8. The van der Waals surface area contributed by atoms with Gasteiger partial charge in [0.1, 0.15) is 5.00 Å². The highest BCUT2D eigenvalue weighted by Gasteiger charge is 2.26. The van der Waals surface area contributed by atoms with Crippen molar-refractivity contribution in [2.24, 2.45) is 0 Å². The summed E-state index contributed by atoms with van der Waals surface area (Å²) < 4.78 is 21.5. The molecule has 1 aliphatic heterocycles. The van der Waals surface area contributed by atoms with Crippen molar-refractivity contribution in [3.63, 3.8) is 0 Å². The molecule has 1 amide bonds. The predicted molar refractivity (Wildman–Crippen MR) is 108 cm³/mol. The summed E-state index contributed by atoms with van der Waals surface area (Å²) >= 11 is 1.49. The number of fused-ring (bicyclic) bond motifs is 1. The number of amides is 1. The maximum absolute atomic E-state index is 12.8. The Kier molecular flexibility index (Phi) is 5.50. The van der Waals surface area contributed by atoms with Crippen molar-refractivity contribution in [2.45, 2.75) is 26.4 Å². The fourth-order valence-electron chi connectivity index (χ4n) is 3.29. The molecule has 0 aliphatic carbocycles. The number of hydrogen-bond acceptors (Lipinski definition) is 8. The average molecular weight is 415 g/mol. The smallest absolute Gasteiger partial charge is 0.261 e. The summed E-state index contributed by atoms with van der Waals surface area (Å²) in [5, 5.41) is 7.61. The molecule has 29 heavy (non-hydrogen) atoms. The fraction of sp³-hybridized carbons (Fsp3) is 0.350. The molecule has 0 radical (unpaired) electrons. The van der Waals surface area contributed by atoms with Crippen molar-refractivity contribution in [3.8, 4) is 23.0 Å². The molecule has 0 bridgehead atoms. The van der Waals surface area contributed by atoms with E-state index < -0.39 is 0 Å². The third-order valence-corrected chi connectivity index (χ3v) is 5.75. The summed E-state index contributed by atoms with van der Waals surface area (Å²) in [6.07, 6.45) is 0.940. The van der Waals surface area contributed by atoms with E-state index in [0.717, 1.165) is 28.0 Å². The van der Waals surface area contributed by atoms with Gasteiger partial charge in [0.25, 0.3) is 5.89 Å². The van der Waals surface area contributed by atoms with E-state index in [2.05, 4.69) is 15.5 Å². The van der Waals surface area contributed by atoms with Gasteiger partial charge in [-0.2, -0.15) is 4.98 Å². The van der Waals surface area contributed by atoms with Crippen molar-refractivity contribution < 1.29 is 23.5 Å². The summed E-state index contributed by atoms with van der Waals surface area (Å²) in [4.78, 5) is 18.2. The Bertz CT molecular complexity index is 1040. The highest BCUT2D eigenvalue weighted by Crippen LogP contribution is 2.42. The molecule has 152 valence electrons. The highest BCUT2D eigenvalue weighted by atomic mass is 32.1. The molecule has 0 atom stereocenters. The molecule has 0 fully saturated rings. The number of carbonyl (C=O) groups is 1. The Morgan fingerprint density at radius 2 is 2.10 bits per heavy atom. The van der Waals surface area contributed by atoms with Crippen LogP contribution in [-0.4, -0.2) is 36.9 Å². The summed E-state index contributed by atoms with van der Waals surface area (Å²) in [5.74, 6) is 2.03. The molecule has 0 spiro atoms. The zero-order chi connectivity index (χ0) is 20.4.